The number of nitrogen functional groups attached to an aromatic ring is 1. The molecule has 0 aliphatic carbocycles. The van der Waals surface area contributed by atoms with Crippen LogP contribution in [0.25, 0.3) is 0 Å². The summed E-state index contributed by atoms with van der Waals surface area (Å²) < 4.78 is 0.912. The van der Waals surface area contributed by atoms with E-state index in [9.17, 15) is 4.79 Å². The van der Waals surface area contributed by atoms with Crippen molar-refractivity contribution in [1.29, 1.82) is 0 Å². The molecule has 2 aromatic carbocycles. The molecule has 0 spiro atoms. The lowest BCUT2D eigenvalue weighted by molar-refractivity contribution is -0.116. The fraction of sp³-hybridized carbons (Fsp3) is 0.188. The summed E-state index contributed by atoms with van der Waals surface area (Å²) in [6, 6.07) is 13.7. The van der Waals surface area contributed by atoms with E-state index >= 15 is 0 Å². The number of benzene rings is 2. The molecule has 0 heterocycles. The molecule has 0 atom stereocenters. The first-order valence-electron chi connectivity index (χ1n) is 6.45. The molecule has 20 heavy (non-hydrogen) atoms. The Morgan fingerprint density at radius 2 is 1.95 bits per heavy atom. The minimum absolute atomic E-state index is 0.0222. The van der Waals surface area contributed by atoms with Gasteiger partial charge in [-0.1, -0.05) is 46.3 Å². The Morgan fingerprint density at radius 1 is 1.25 bits per heavy atom. The standard InChI is InChI=1S/C16H17BrN2O/c1-11-9-13(17)10-14(18)16(11)19-15(20)8-7-12-5-3-2-4-6-12/h2-6,9-10H,7-8,18H2,1H3,(H,19,20). The van der Waals surface area contributed by atoms with Gasteiger partial charge in [0.25, 0.3) is 0 Å². The zero-order valence-electron chi connectivity index (χ0n) is 11.3. The van der Waals surface area contributed by atoms with Crippen molar-refractivity contribution in [2.45, 2.75) is 19.8 Å². The van der Waals surface area contributed by atoms with E-state index < -0.39 is 0 Å². The average Bonchev–Trinajstić information content (AvgIpc) is 2.42. The third-order valence-corrected chi connectivity index (χ3v) is 3.54. The van der Waals surface area contributed by atoms with Crippen molar-refractivity contribution in [1.82, 2.24) is 0 Å². The highest BCUT2D eigenvalue weighted by Gasteiger charge is 2.09. The SMILES string of the molecule is Cc1cc(Br)cc(N)c1NC(=O)CCc1ccccc1. The number of hydrogen-bond acceptors (Lipinski definition) is 2. The van der Waals surface area contributed by atoms with Crippen molar-refractivity contribution in [2.24, 2.45) is 0 Å². The van der Waals surface area contributed by atoms with E-state index in [1.165, 1.54) is 0 Å². The van der Waals surface area contributed by atoms with Crippen molar-refractivity contribution in [3.63, 3.8) is 0 Å². The molecule has 0 unspecified atom stereocenters. The second-order valence-corrected chi connectivity index (χ2v) is 5.64. The van der Waals surface area contributed by atoms with Crippen LogP contribution in [0.3, 0.4) is 0 Å². The molecule has 0 saturated carbocycles. The van der Waals surface area contributed by atoms with Crippen LogP contribution in [0, 0.1) is 6.92 Å². The van der Waals surface area contributed by atoms with Gasteiger partial charge < -0.3 is 11.1 Å². The molecular formula is C16H17BrN2O. The molecule has 0 saturated heterocycles. The van der Waals surface area contributed by atoms with E-state index in [0.29, 0.717) is 17.8 Å². The lowest BCUT2D eigenvalue weighted by Gasteiger charge is -2.12. The molecule has 2 aromatic rings. The molecule has 1 amide bonds. The summed E-state index contributed by atoms with van der Waals surface area (Å²) in [5.74, 6) is -0.0222. The van der Waals surface area contributed by atoms with Crippen molar-refractivity contribution in [3.05, 3.63) is 58.1 Å². The number of halogens is 1. The monoisotopic (exact) mass is 332 g/mol. The molecular weight excluding hydrogens is 316 g/mol. The van der Waals surface area contributed by atoms with Crippen molar-refractivity contribution in [3.8, 4) is 0 Å². The highest BCUT2D eigenvalue weighted by Crippen LogP contribution is 2.27. The Bertz CT molecular complexity index is 588. The fourth-order valence-electron chi connectivity index (χ4n) is 2.04. The van der Waals surface area contributed by atoms with E-state index in [-0.39, 0.29) is 5.91 Å². The smallest absolute Gasteiger partial charge is 0.224 e. The zero-order chi connectivity index (χ0) is 14.5. The first-order chi connectivity index (χ1) is 9.56. The molecule has 0 fully saturated rings. The van der Waals surface area contributed by atoms with Gasteiger partial charge >= 0.3 is 0 Å². The number of carbonyl (C=O) groups excluding carboxylic acids is 1. The van der Waals surface area contributed by atoms with Gasteiger partial charge in [0.05, 0.1) is 11.4 Å². The molecule has 0 aliphatic rings. The van der Waals surface area contributed by atoms with Crippen LogP contribution < -0.4 is 11.1 Å². The van der Waals surface area contributed by atoms with Crippen molar-refractivity contribution in [2.75, 3.05) is 11.1 Å². The maximum Gasteiger partial charge on any atom is 0.224 e. The molecule has 0 bridgehead atoms. The molecule has 0 radical (unpaired) electrons. The topological polar surface area (TPSA) is 55.1 Å². The first-order valence-corrected chi connectivity index (χ1v) is 7.25. The molecule has 2 rings (SSSR count). The van der Waals surface area contributed by atoms with Crippen LogP contribution in [0.1, 0.15) is 17.5 Å². The maximum atomic E-state index is 12.0. The number of carbonyl (C=O) groups is 1. The summed E-state index contributed by atoms with van der Waals surface area (Å²) in [6.07, 6.45) is 1.17. The van der Waals surface area contributed by atoms with Crippen LogP contribution in [0.2, 0.25) is 0 Å². The first kappa shape index (κ1) is 14.6. The predicted octanol–water partition coefficient (Wildman–Crippen LogP) is 3.91. The Kier molecular flexibility index (Phi) is 4.79. The Balaban J connectivity index is 1.98. The number of nitrogens with one attached hydrogen (secondary N) is 1. The van der Waals surface area contributed by atoms with Gasteiger partial charge in [-0.15, -0.1) is 0 Å². The summed E-state index contributed by atoms with van der Waals surface area (Å²) in [7, 11) is 0. The molecule has 3 nitrogen and oxygen atoms in total. The van der Waals surface area contributed by atoms with E-state index in [1.54, 1.807) is 6.07 Å². The van der Waals surface area contributed by atoms with Crippen LogP contribution in [0.15, 0.2) is 46.9 Å². The number of rotatable bonds is 4. The molecule has 3 N–H and O–H groups in total. The molecule has 0 aromatic heterocycles. The number of hydrogen-bond donors (Lipinski definition) is 2. The zero-order valence-corrected chi connectivity index (χ0v) is 12.9. The second-order valence-electron chi connectivity index (χ2n) is 4.72. The number of nitrogens with two attached hydrogens (primary N) is 1. The second kappa shape index (κ2) is 6.57. The van der Waals surface area contributed by atoms with Crippen LogP contribution in [-0.2, 0) is 11.2 Å². The van der Waals surface area contributed by atoms with Gasteiger partial charge in [-0.25, -0.2) is 0 Å². The third kappa shape index (κ3) is 3.84. The van der Waals surface area contributed by atoms with Gasteiger partial charge in [0, 0.05) is 10.9 Å². The van der Waals surface area contributed by atoms with Crippen LogP contribution in [0.4, 0.5) is 11.4 Å². The van der Waals surface area contributed by atoms with Crippen molar-refractivity contribution >= 4 is 33.2 Å². The number of anilines is 2. The fourth-order valence-corrected chi connectivity index (χ4v) is 2.63. The Morgan fingerprint density at radius 3 is 2.60 bits per heavy atom. The lowest BCUT2D eigenvalue weighted by atomic mass is 10.1. The Labute approximate surface area is 127 Å². The van der Waals surface area contributed by atoms with E-state index in [2.05, 4.69) is 21.2 Å². The highest BCUT2D eigenvalue weighted by molar-refractivity contribution is 9.10. The largest absolute Gasteiger partial charge is 0.397 e. The summed E-state index contributed by atoms with van der Waals surface area (Å²) in [6.45, 7) is 1.92. The van der Waals surface area contributed by atoms with Crippen LogP contribution >= 0.6 is 15.9 Å². The minimum Gasteiger partial charge on any atom is -0.397 e. The van der Waals surface area contributed by atoms with E-state index in [4.69, 9.17) is 5.73 Å². The lowest BCUT2D eigenvalue weighted by Crippen LogP contribution is -2.14. The van der Waals surface area contributed by atoms with Gasteiger partial charge in [-0.3, -0.25) is 4.79 Å². The van der Waals surface area contributed by atoms with Gasteiger partial charge in [-0.05, 0) is 36.6 Å². The van der Waals surface area contributed by atoms with Crippen molar-refractivity contribution < 1.29 is 4.79 Å². The normalized spacial score (nSPS) is 10.3. The predicted molar refractivity (Wildman–Crippen MR) is 86.7 cm³/mol. The highest BCUT2D eigenvalue weighted by atomic mass is 79.9. The number of amides is 1. The molecule has 0 aliphatic heterocycles. The van der Waals surface area contributed by atoms with Gasteiger partial charge in [0.15, 0.2) is 0 Å². The van der Waals surface area contributed by atoms with Gasteiger partial charge in [0.2, 0.25) is 5.91 Å². The summed E-state index contributed by atoms with van der Waals surface area (Å²) in [5, 5.41) is 2.89. The quantitative estimate of drug-likeness (QED) is 0.834. The van der Waals surface area contributed by atoms with Crippen LogP contribution in [-0.4, -0.2) is 5.91 Å². The average molecular weight is 333 g/mol. The van der Waals surface area contributed by atoms with E-state index in [0.717, 1.165) is 22.0 Å². The molecule has 4 heteroatoms. The molecule has 104 valence electrons. The summed E-state index contributed by atoms with van der Waals surface area (Å²) in [5.41, 5.74) is 9.31. The number of aryl methyl sites for hydroxylation is 2. The minimum atomic E-state index is -0.0222. The van der Waals surface area contributed by atoms with Gasteiger partial charge in [0.1, 0.15) is 0 Å². The van der Waals surface area contributed by atoms with E-state index in [1.807, 2.05) is 43.3 Å². The van der Waals surface area contributed by atoms with Gasteiger partial charge in [-0.2, -0.15) is 0 Å². The maximum absolute atomic E-state index is 12.0. The Hall–Kier alpha value is -1.81. The third-order valence-electron chi connectivity index (χ3n) is 3.08. The summed E-state index contributed by atoms with van der Waals surface area (Å²) >= 11 is 3.38. The summed E-state index contributed by atoms with van der Waals surface area (Å²) in [4.78, 5) is 12.0. The van der Waals surface area contributed by atoms with Crippen LogP contribution in [0.5, 0.6) is 0 Å².